The van der Waals surface area contributed by atoms with E-state index < -0.39 is 0 Å². The fourth-order valence-corrected chi connectivity index (χ4v) is 1.70. The Hall–Kier alpha value is -0.830. The highest BCUT2D eigenvalue weighted by molar-refractivity contribution is 5.23. The molecule has 1 aromatic heterocycles. The first-order valence-electron chi connectivity index (χ1n) is 5.69. The summed E-state index contributed by atoms with van der Waals surface area (Å²) in [5.74, 6) is 0. The molecule has 0 atom stereocenters. The molecule has 0 aliphatic carbocycles. The lowest BCUT2D eigenvalue weighted by Crippen LogP contribution is -2.19. The number of rotatable bonds is 4. The van der Waals surface area contributed by atoms with Crippen LogP contribution in [0.4, 0.5) is 0 Å². The predicted molar refractivity (Wildman–Crippen MR) is 63.9 cm³/mol. The molecule has 0 aliphatic rings. The Labute approximate surface area is 92.9 Å². The average Bonchev–Trinajstić information content (AvgIpc) is 2.47. The minimum atomic E-state index is 0.129. The molecule has 0 aromatic carbocycles. The third-order valence-corrected chi connectivity index (χ3v) is 2.36. The molecule has 0 saturated heterocycles. The Bertz CT molecular complexity index is 307. The van der Waals surface area contributed by atoms with Gasteiger partial charge in [0.2, 0.25) is 0 Å². The summed E-state index contributed by atoms with van der Waals surface area (Å²) in [7, 11) is 1.98. The lowest BCUT2D eigenvalue weighted by Gasteiger charge is -2.17. The monoisotopic (exact) mass is 209 g/mol. The maximum Gasteiger partial charge on any atom is 0.0722 e. The Kier molecular flexibility index (Phi) is 3.91. The van der Waals surface area contributed by atoms with E-state index in [1.165, 1.54) is 17.7 Å². The smallest absolute Gasteiger partial charge is 0.0722 e. The van der Waals surface area contributed by atoms with Gasteiger partial charge in [0.15, 0.2) is 0 Å². The molecule has 1 aromatic rings. The lowest BCUT2D eigenvalue weighted by molar-refractivity contribution is 0.543. The van der Waals surface area contributed by atoms with Gasteiger partial charge in [0, 0.05) is 30.8 Å². The van der Waals surface area contributed by atoms with Crippen LogP contribution in [0.1, 0.15) is 45.4 Å². The number of hydrogen-bond acceptors (Lipinski definition) is 2. The van der Waals surface area contributed by atoms with Gasteiger partial charge in [0.05, 0.1) is 5.69 Å². The summed E-state index contributed by atoms with van der Waals surface area (Å²) in [6, 6.07) is 0. The molecular weight excluding hydrogens is 186 g/mol. The highest BCUT2D eigenvalue weighted by Gasteiger charge is 2.21. The van der Waals surface area contributed by atoms with Crippen molar-refractivity contribution in [2.24, 2.45) is 7.05 Å². The number of hydrogen-bond donors (Lipinski definition) is 1. The second-order valence-electron chi connectivity index (χ2n) is 5.10. The molecular formula is C12H23N3. The van der Waals surface area contributed by atoms with Crippen molar-refractivity contribution in [3.63, 3.8) is 0 Å². The summed E-state index contributed by atoms with van der Waals surface area (Å²) in [5.41, 5.74) is 2.65. The van der Waals surface area contributed by atoms with E-state index in [1.807, 2.05) is 11.7 Å². The van der Waals surface area contributed by atoms with E-state index in [1.54, 1.807) is 0 Å². The molecule has 0 radical (unpaired) electrons. The van der Waals surface area contributed by atoms with Crippen molar-refractivity contribution < 1.29 is 0 Å². The number of nitrogens with one attached hydrogen (secondary N) is 1. The van der Waals surface area contributed by atoms with Crippen LogP contribution in [0.2, 0.25) is 0 Å². The lowest BCUT2D eigenvalue weighted by atomic mass is 9.89. The Morgan fingerprint density at radius 3 is 2.60 bits per heavy atom. The Balaban J connectivity index is 2.78. The van der Waals surface area contributed by atoms with E-state index in [0.29, 0.717) is 0 Å². The summed E-state index contributed by atoms with van der Waals surface area (Å²) in [6.07, 6.45) is 3.29. The van der Waals surface area contributed by atoms with E-state index in [2.05, 4.69) is 44.3 Å². The van der Waals surface area contributed by atoms with Crippen LogP contribution in [0.15, 0.2) is 6.20 Å². The van der Waals surface area contributed by atoms with Gasteiger partial charge >= 0.3 is 0 Å². The first-order valence-corrected chi connectivity index (χ1v) is 5.69. The molecule has 0 fully saturated rings. The van der Waals surface area contributed by atoms with Crippen LogP contribution in [0.25, 0.3) is 0 Å². The highest BCUT2D eigenvalue weighted by atomic mass is 15.3. The number of nitrogens with zero attached hydrogens (tertiary/aromatic N) is 2. The normalized spacial score (nSPS) is 12.1. The summed E-state index contributed by atoms with van der Waals surface area (Å²) in [5, 5.41) is 7.96. The standard InChI is InChI=1S/C12H23N3/c1-6-7-13-8-10-9-15(5)14-11(10)12(2,3)4/h9,13H,6-8H2,1-5H3. The summed E-state index contributed by atoms with van der Waals surface area (Å²) in [4.78, 5) is 0. The topological polar surface area (TPSA) is 29.9 Å². The van der Waals surface area contributed by atoms with Gasteiger partial charge in [0.1, 0.15) is 0 Å². The van der Waals surface area contributed by atoms with Crippen LogP contribution < -0.4 is 5.32 Å². The molecule has 0 amide bonds. The Morgan fingerprint density at radius 2 is 2.07 bits per heavy atom. The van der Waals surface area contributed by atoms with Crippen molar-refractivity contribution in [1.29, 1.82) is 0 Å². The van der Waals surface area contributed by atoms with Gasteiger partial charge in [-0.3, -0.25) is 4.68 Å². The van der Waals surface area contributed by atoms with Crippen molar-refractivity contribution in [1.82, 2.24) is 15.1 Å². The number of aromatic nitrogens is 2. The predicted octanol–water partition coefficient (Wildman–Crippen LogP) is 2.22. The second-order valence-corrected chi connectivity index (χ2v) is 5.10. The van der Waals surface area contributed by atoms with Gasteiger partial charge in [-0.2, -0.15) is 5.10 Å². The van der Waals surface area contributed by atoms with Crippen molar-refractivity contribution in [3.8, 4) is 0 Å². The van der Waals surface area contributed by atoms with Crippen LogP contribution >= 0.6 is 0 Å². The third kappa shape index (κ3) is 3.34. The van der Waals surface area contributed by atoms with Crippen molar-refractivity contribution in [3.05, 3.63) is 17.5 Å². The molecule has 86 valence electrons. The van der Waals surface area contributed by atoms with E-state index in [9.17, 15) is 0 Å². The van der Waals surface area contributed by atoms with Crippen molar-refractivity contribution in [2.75, 3.05) is 6.54 Å². The first kappa shape index (κ1) is 12.2. The molecule has 0 bridgehead atoms. The molecule has 0 saturated carbocycles. The first-order chi connectivity index (χ1) is 6.95. The van der Waals surface area contributed by atoms with E-state index in [4.69, 9.17) is 0 Å². The van der Waals surface area contributed by atoms with Crippen LogP contribution in [0.3, 0.4) is 0 Å². The van der Waals surface area contributed by atoms with Gasteiger partial charge in [-0.05, 0) is 13.0 Å². The van der Waals surface area contributed by atoms with E-state index in [0.717, 1.165) is 13.1 Å². The largest absolute Gasteiger partial charge is 0.313 e. The molecule has 3 heteroatoms. The second kappa shape index (κ2) is 4.79. The molecule has 0 aliphatic heterocycles. The summed E-state index contributed by atoms with van der Waals surface area (Å²) < 4.78 is 1.91. The van der Waals surface area contributed by atoms with Crippen LogP contribution in [0.5, 0.6) is 0 Å². The fourth-order valence-electron chi connectivity index (χ4n) is 1.70. The van der Waals surface area contributed by atoms with E-state index in [-0.39, 0.29) is 5.41 Å². The minimum absolute atomic E-state index is 0.129. The molecule has 15 heavy (non-hydrogen) atoms. The molecule has 1 rings (SSSR count). The van der Waals surface area contributed by atoms with Gasteiger partial charge in [0.25, 0.3) is 0 Å². The zero-order valence-corrected chi connectivity index (χ0v) is 10.6. The van der Waals surface area contributed by atoms with Gasteiger partial charge in [-0.15, -0.1) is 0 Å². The zero-order chi connectivity index (χ0) is 11.5. The molecule has 0 spiro atoms. The maximum atomic E-state index is 4.54. The highest BCUT2D eigenvalue weighted by Crippen LogP contribution is 2.23. The van der Waals surface area contributed by atoms with Crippen molar-refractivity contribution >= 4 is 0 Å². The molecule has 0 unspecified atom stereocenters. The summed E-state index contributed by atoms with van der Waals surface area (Å²) >= 11 is 0. The average molecular weight is 209 g/mol. The maximum absolute atomic E-state index is 4.54. The zero-order valence-electron chi connectivity index (χ0n) is 10.6. The van der Waals surface area contributed by atoms with Crippen molar-refractivity contribution in [2.45, 2.75) is 46.1 Å². The molecule has 3 nitrogen and oxygen atoms in total. The van der Waals surface area contributed by atoms with Crippen LogP contribution in [0, 0.1) is 0 Å². The summed E-state index contributed by atoms with van der Waals surface area (Å²) in [6.45, 7) is 10.8. The fraction of sp³-hybridized carbons (Fsp3) is 0.750. The van der Waals surface area contributed by atoms with E-state index >= 15 is 0 Å². The van der Waals surface area contributed by atoms with Gasteiger partial charge in [-0.25, -0.2) is 0 Å². The molecule has 1 heterocycles. The minimum Gasteiger partial charge on any atom is -0.313 e. The Morgan fingerprint density at radius 1 is 1.40 bits per heavy atom. The van der Waals surface area contributed by atoms with Crippen LogP contribution in [-0.4, -0.2) is 16.3 Å². The SMILES string of the molecule is CCCNCc1cn(C)nc1C(C)(C)C. The number of aryl methyl sites for hydroxylation is 1. The van der Waals surface area contributed by atoms with Crippen LogP contribution in [-0.2, 0) is 19.0 Å². The third-order valence-electron chi connectivity index (χ3n) is 2.36. The molecule has 1 N–H and O–H groups in total. The van der Waals surface area contributed by atoms with Gasteiger partial charge < -0.3 is 5.32 Å². The quantitative estimate of drug-likeness (QED) is 0.771. The van der Waals surface area contributed by atoms with Gasteiger partial charge in [-0.1, -0.05) is 27.7 Å².